The first kappa shape index (κ1) is 19.6. The first-order valence-corrected chi connectivity index (χ1v) is 9.03. The van der Waals surface area contributed by atoms with Crippen LogP contribution in [0.2, 0.25) is 0 Å². The largest absolute Gasteiger partial charge is 0.464 e. The van der Waals surface area contributed by atoms with Crippen molar-refractivity contribution in [3.8, 4) is 0 Å². The summed E-state index contributed by atoms with van der Waals surface area (Å²) in [6.45, 7) is 1.74. The third kappa shape index (κ3) is 3.26. The van der Waals surface area contributed by atoms with Crippen molar-refractivity contribution in [2.75, 3.05) is 12.5 Å². The number of nitro benzene ring substituents is 1. The Labute approximate surface area is 163 Å². The number of fused-ring (bicyclic) bond motifs is 1. The molecule has 2 aromatic rings. The minimum atomic E-state index is -1.09. The van der Waals surface area contributed by atoms with E-state index in [9.17, 15) is 24.5 Å². The minimum absolute atomic E-state index is 0.0191. The molecule has 0 bridgehead atoms. The Morgan fingerprint density at radius 3 is 2.39 bits per heavy atom. The van der Waals surface area contributed by atoms with Crippen LogP contribution in [0, 0.1) is 10.1 Å². The van der Waals surface area contributed by atoms with E-state index in [1.807, 2.05) is 0 Å². The number of benzene rings is 1. The number of hydrogen-bond donors (Lipinski definition) is 0. The summed E-state index contributed by atoms with van der Waals surface area (Å²) >= 11 is 5.70. The van der Waals surface area contributed by atoms with Crippen LogP contribution in [-0.4, -0.2) is 37.3 Å². The molecule has 0 aliphatic carbocycles. The van der Waals surface area contributed by atoms with Gasteiger partial charge < -0.3 is 4.74 Å². The van der Waals surface area contributed by atoms with Gasteiger partial charge in [0.1, 0.15) is 0 Å². The molecule has 28 heavy (non-hydrogen) atoms. The molecule has 148 valence electrons. The van der Waals surface area contributed by atoms with Crippen molar-refractivity contribution >= 4 is 23.3 Å². The Morgan fingerprint density at radius 2 is 1.82 bits per heavy atom. The molecule has 1 aliphatic rings. The van der Waals surface area contributed by atoms with Crippen LogP contribution in [0.4, 0.5) is 5.69 Å². The quantitative estimate of drug-likeness (QED) is 0.233. The molecule has 0 spiro atoms. The van der Waals surface area contributed by atoms with Crippen LogP contribution in [-0.2, 0) is 16.1 Å². The monoisotopic (exact) mass is 408 g/mol. The summed E-state index contributed by atoms with van der Waals surface area (Å²) in [4.78, 5) is 48.3. The van der Waals surface area contributed by atoms with E-state index < -0.39 is 34.4 Å². The first-order valence-electron chi connectivity index (χ1n) is 8.49. The van der Waals surface area contributed by atoms with Crippen LogP contribution in [0.5, 0.6) is 0 Å². The molecule has 0 amide bonds. The highest BCUT2D eigenvalue weighted by Gasteiger charge is 2.33. The highest BCUT2D eigenvalue weighted by molar-refractivity contribution is 6.17. The molecule has 0 N–H and O–H groups in total. The van der Waals surface area contributed by atoms with E-state index in [-0.39, 0.29) is 24.7 Å². The Balaban J connectivity index is 2.16. The number of non-ortho nitro benzene ring substituents is 1. The molecule has 0 fully saturated rings. The predicted octanol–water partition coefficient (Wildman–Crippen LogP) is 1.22. The van der Waals surface area contributed by atoms with Crippen molar-refractivity contribution in [2.45, 2.75) is 25.6 Å². The van der Waals surface area contributed by atoms with Crippen LogP contribution in [0.15, 0.2) is 46.0 Å². The van der Waals surface area contributed by atoms with E-state index >= 15 is 0 Å². The number of halogens is 1. The molecule has 2 heterocycles. The molecule has 1 aromatic carbocycles. The van der Waals surface area contributed by atoms with E-state index in [0.717, 1.165) is 13.9 Å². The lowest BCUT2D eigenvalue weighted by atomic mass is 10.0. The number of carbonyl (C=O) groups is 1. The van der Waals surface area contributed by atoms with Crippen LogP contribution in [0.3, 0.4) is 0 Å². The van der Waals surface area contributed by atoms with Gasteiger partial charge >= 0.3 is 17.3 Å². The van der Waals surface area contributed by atoms with E-state index in [0.29, 0.717) is 5.56 Å². The summed E-state index contributed by atoms with van der Waals surface area (Å²) in [5.41, 5.74) is -0.868. The van der Waals surface area contributed by atoms with E-state index in [1.54, 1.807) is 13.0 Å². The highest BCUT2D eigenvalue weighted by Crippen LogP contribution is 2.27. The van der Waals surface area contributed by atoms with Crippen LogP contribution >= 0.6 is 11.6 Å². The van der Waals surface area contributed by atoms with Gasteiger partial charge in [0.2, 0.25) is 0 Å². The molecule has 0 saturated carbocycles. The average Bonchev–Trinajstić information content (AvgIpc) is 2.93. The van der Waals surface area contributed by atoms with Crippen molar-refractivity contribution in [3.63, 3.8) is 0 Å². The Kier molecular flexibility index (Phi) is 5.50. The topological polar surface area (TPSA) is 118 Å². The third-order valence-electron chi connectivity index (χ3n) is 4.37. The number of aromatic nitrogens is 3. The maximum atomic E-state index is 12.9. The number of ether oxygens (including phenoxy) is 1. The van der Waals surface area contributed by atoms with E-state index in [2.05, 4.69) is 0 Å². The van der Waals surface area contributed by atoms with Crippen LogP contribution in [0.1, 0.15) is 24.6 Å². The van der Waals surface area contributed by atoms with Gasteiger partial charge in [-0.1, -0.05) is 12.2 Å². The fraction of sp³-hybridized carbons (Fsp3) is 0.353. The first-order chi connectivity index (χ1) is 13.4. The second kappa shape index (κ2) is 7.85. The predicted molar refractivity (Wildman–Crippen MR) is 99.7 cm³/mol. The van der Waals surface area contributed by atoms with Crippen LogP contribution < -0.4 is 11.4 Å². The van der Waals surface area contributed by atoms with Gasteiger partial charge in [0, 0.05) is 24.6 Å². The number of alkyl halides is 1. The smallest absolute Gasteiger partial charge is 0.348 e. The molecule has 3 rings (SSSR count). The fourth-order valence-electron chi connectivity index (χ4n) is 3.12. The zero-order chi connectivity index (χ0) is 20.4. The fourth-order valence-corrected chi connectivity index (χ4v) is 3.29. The van der Waals surface area contributed by atoms with Crippen molar-refractivity contribution in [1.29, 1.82) is 0 Å². The standard InChI is InChI=1S/C17H17ClN4O6/c1-2-28-15(23)14-8-7-13(11-3-5-12(6-4-11)22(26)27)20-16(24)19(10-9-18)17(25)21(14)20/h3-8,13-14H,2,9-10H2,1H3. The van der Waals surface area contributed by atoms with Gasteiger partial charge in [-0.25, -0.2) is 28.3 Å². The van der Waals surface area contributed by atoms with Crippen molar-refractivity contribution in [3.05, 3.63) is 73.1 Å². The summed E-state index contributed by atoms with van der Waals surface area (Å²) in [6.07, 6.45) is 3.07. The Bertz CT molecular complexity index is 1050. The number of hydrogen-bond acceptors (Lipinski definition) is 6. The summed E-state index contributed by atoms with van der Waals surface area (Å²) in [7, 11) is 0. The molecule has 1 aromatic heterocycles. The number of carbonyl (C=O) groups excluding carboxylic acids is 1. The Hall–Kier alpha value is -3.14. The minimum Gasteiger partial charge on any atom is -0.464 e. The zero-order valence-corrected chi connectivity index (χ0v) is 15.6. The van der Waals surface area contributed by atoms with Gasteiger partial charge in [0.05, 0.1) is 17.6 Å². The molecule has 11 heteroatoms. The molecular formula is C17H17ClN4O6. The van der Waals surface area contributed by atoms with Gasteiger partial charge in [-0.3, -0.25) is 10.1 Å². The van der Waals surface area contributed by atoms with Gasteiger partial charge in [0.25, 0.3) is 5.69 Å². The summed E-state index contributed by atoms with van der Waals surface area (Å²) < 4.78 is 8.15. The molecule has 0 saturated heterocycles. The SMILES string of the molecule is CCOC(=O)C1C=CC(c2ccc([N+](=O)[O-])cc2)n2c(=O)n(CCCl)c(=O)n21. The lowest BCUT2D eigenvalue weighted by molar-refractivity contribution is -0.384. The van der Waals surface area contributed by atoms with Crippen molar-refractivity contribution < 1.29 is 14.5 Å². The second-order valence-electron chi connectivity index (χ2n) is 5.97. The molecule has 1 aliphatic heterocycles. The van der Waals surface area contributed by atoms with E-state index in [1.165, 1.54) is 30.3 Å². The normalized spacial score (nSPS) is 17.9. The maximum absolute atomic E-state index is 12.9. The van der Waals surface area contributed by atoms with Gasteiger partial charge in [-0.05, 0) is 24.6 Å². The number of allylic oxidation sites excluding steroid dienone is 1. The van der Waals surface area contributed by atoms with Gasteiger partial charge in [0.15, 0.2) is 6.04 Å². The van der Waals surface area contributed by atoms with Crippen LogP contribution in [0.25, 0.3) is 0 Å². The molecule has 2 atom stereocenters. The van der Waals surface area contributed by atoms with Crippen molar-refractivity contribution in [2.24, 2.45) is 0 Å². The molecular weight excluding hydrogens is 392 g/mol. The number of esters is 1. The molecule has 2 unspecified atom stereocenters. The van der Waals surface area contributed by atoms with E-state index in [4.69, 9.17) is 16.3 Å². The third-order valence-corrected chi connectivity index (χ3v) is 4.54. The highest BCUT2D eigenvalue weighted by atomic mass is 35.5. The number of nitrogens with zero attached hydrogens (tertiary/aromatic N) is 4. The van der Waals surface area contributed by atoms with Crippen molar-refractivity contribution in [1.82, 2.24) is 13.9 Å². The number of rotatable bonds is 6. The van der Waals surface area contributed by atoms with Gasteiger partial charge in [-0.15, -0.1) is 11.6 Å². The summed E-state index contributed by atoms with van der Waals surface area (Å²) in [5.74, 6) is -0.626. The molecule has 10 nitrogen and oxygen atoms in total. The second-order valence-corrected chi connectivity index (χ2v) is 6.35. The zero-order valence-electron chi connectivity index (χ0n) is 14.9. The molecule has 0 radical (unpaired) electrons. The lowest BCUT2D eigenvalue weighted by Gasteiger charge is -2.26. The average molecular weight is 409 g/mol. The number of nitro groups is 1. The summed E-state index contributed by atoms with van der Waals surface area (Å²) in [5, 5.41) is 10.9. The Morgan fingerprint density at radius 1 is 1.18 bits per heavy atom. The maximum Gasteiger partial charge on any atom is 0.348 e. The lowest BCUT2D eigenvalue weighted by Crippen LogP contribution is -2.39. The van der Waals surface area contributed by atoms with Gasteiger partial charge in [-0.2, -0.15) is 0 Å². The summed E-state index contributed by atoms with van der Waals surface area (Å²) in [6, 6.07) is 3.80.